The van der Waals surface area contributed by atoms with Crippen molar-refractivity contribution in [3.8, 4) is 0 Å². The Morgan fingerprint density at radius 2 is 2.19 bits per heavy atom. The number of nitrogens with one attached hydrogen (secondary N) is 2. The van der Waals surface area contributed by atoms with Gasteiger partial charge < -0.3 is 10.6 Å². The summed E-state index contributed by atoms with van der Waals surface area (Å²) in [5.41, 5.74) is 0. The Balaban J connectivity index is 2.37. The Morgan fingerprint density at radius 1 is 1.44 bits per heavy atom. The van der Waals surface area contributed by atoms with E-state index in [1.807, 2.05) is 0 Å². The molecule has 1 amide bonds. The van der Waals surface area contributed by atoms with Crippen LogP contribution in [0.15, 0.2) is 12.2 Å². The summed E-state index contributed by atoms with van der Waals surface area (Å²) in [5, 5.41) is 6.11. The van der Waals surface area contributed by atoms with Gasteiger partial charge in [0.15, 0.2) is 0 Å². The van der Waals surface area contributed by atoms with Crippen LogP contribution in [-0.4, -0.2) is 25.5 Å². The molecule has 0 heterocycles. The van der Waals surface area contributed by atoms with Crippen molar-refractivity contribution < 1.29 is 4.79 Å². The van der Waals surface area contributed by atoms with E-state index in [0.29, 0.717) is 11.8 Å². The average molecular weight is 224 g/mol. The third-order valence-corrected chi connectivity index (χ3v) is 3.20. The van der Waals surface area contributed by atoms with Crippen molar-refractivity contribution in [2.45, 2.75) is 39.2 Å². The van der Waals surface area contributed by atoms with Gasteiger partial charge in [0.25, 0.3) is 0 Å². The monoisotopic (exact) mass is 224 g/mol. The Labute approximate surface area is 98.7 Å². The van der Waals surface area contributed by atoms with Crippen molar-refractivity contribution in [2.75, 3.05) is 13.6 Å². The van der Waals surface area contributed by atoms with Gasteiger partial charge in [-0.3, -0.25) is 4.79 Å². The van der Waals surface area contributed by atoms with Crippen LogP contribution in [0.1, 0.15) is 33.1 Å². The lowest BCUT2D eigenvalue weighted by Gasteiger charge is -2.25. The molecule has 16 heavy (non-hydrogen) atoms. The number of allylic oxidation sites excluding steroid dienone is 2. The summed E-state index contributed by atoms with van der Waals surface area (Å²) in [6.45, 7) is 5.10. The molecule has 0 aliphatic heterocycles. The molecule has 1 aliphatic rings. The van der Waals surface area contributed by atoms with E-state index in [9.17, 15) is 4.79 Å². The fourth-order valence-electron chi connectivity index (χ4n) is 2.12. The van der Waals surface area contributed by atoms with Crippen LogP contribution in [0.3, 0.4) is 0 Å². The van der Waals surface area contributed by atoms with Crippen molar-refractivity contribution in [3.63, 3.8) is 0 Å². The zero-order chi connectivity index (χ0) is 12.0. The first-order valence-corrected chi connectivity index (χ1v) is 6.25. The molecule has 0 spiro atoms. The molecule has 2 N–H and O–H groups in total. The lowest BCUT2D eigenvalue weighted by molar-refractivity contribution is -0.123. The predicted octanol–water partition coefficient (Wildman–Crippen LogP) is 1.70. The number of amides is 1. The highest BCUT2D eigenvalue weighted by Gasteiger charge is 2.21. The van der Waals surface area contributed by atoms with E-state index in [0.717, 1.165) is 13.0 Å². The van der Waals surface area contributed by atoms with Crippen molar-refractivity contribution in [3.05, 3.63) is 12.2 Å². The lowest BCUT2D eigenvalue weighted by atomic mass is 9.93. The van der Waals surface area contributed by atoms with Gasteiger partial charge in [-0.25, -0.2) is 0 Å². The van der Waals surface area contributed by atoms with E-state index < -0.39 is 0 Å². The second-order valence-electron chi connectivity index (χ2n) is 4.89. The predicted molar refractivity (Wildman–Crippen MR) is 67.2 cm³/mol. The van der Waals surface area contributed by atoms with Crippen LogP contribution in [0.4, 0.5) is 0 Å². The molecule has 0 radical (unpaired) electrons. The van der Waals surface area contributed by atoms with Gasteiger partial charge in [0.05, 0.1) is 6.04 Å². The minimum atomic E-state index is -0.0593. The third-order valence-electron chi connectivity index (χ3n) is 3.20. The van der Waals surface area contributed by atoms with Crippen LogP contribution >= 0.6 is 0 Å². The summed E-state index contributed by atoms with van der Waals surface area (Å²) in [4.78, 5) is 11.6. The van der Waals surface area contributed by atoms with Crippen molar-refractivity contribution in [1.29, 1.82) is 0 Å². The second-order valence-corrected chi connectivity index (χ2v) is 4.89. The maximum atomic E-state index is 11.6. The first-order valence-electron chi connectivity index (χ1n) is 6.25. The Kier molecular flexibility index (Phi) is 5.53. The van der Waals surface area contributed by atoms with Gasteiger partial charge in [-0.05, 0) is 37.6 Å². The molecule has 2 atom stereocenters. The summed E-state index contributed by atoms with van der Waals surface area (Å²) in [6.07, 6.45) is 8.06. The van der Waals surface area contributed by atoms with Crippen molar-refractivity contribution in [1.82, 2.24) is 10.6 Å². The van der Waals surface area contributed by atoms with Crippen molar-refractivity contribution in [2.24, 2.45) is 11.8 Å². The summed E-state index contributed by atoms with van der Waals surface area (Å²) in [6, 6.07) is -0.0593. The summed E-state index contributed by atoms with van der Waals surface area (Å²) in [5.74, 6) is 1.12. The van der Waals surface area contributed by atoms with E-state index in [1.165, 1.54) is 12.8 Å². The largest absolute Gasteiger partial charge is 0.358 e. The first-order chi connectivity index (χ1) is 7.65. The van der Waals surface area contributed by atoms with E-state index in [2.05, 4.69) is 36.6 Å². The molecule has 0 saturated heterocycles. The molecule has 3 heteroatoms. The van der Waals surface area contributed by atoms with E-state index in [4.69, 9.17) is 0 Å². The molecule has 0 aromatic carbocycles. The zero-order valence-electron chi connectivity index (χ0n) is 10.6. The van der Waals surface area contributed by atoms with Gasteiger partial charge >= 0.3 is 0 Å². The summed E-state index contributed by atoms with van der Waals surface area (Å²) in [7, 11) is 1.70. The van der Waals surface area contributed by atoms with E-state index in [-0.39, 0.29) is 11.9 Å². The van der Waals surface area contributed by atoms with Crippen LogP contribution in [0.2, 0.25) is 0 Å². The van der Waals surface area contributed by atoms with Gasteiger partial charge in [0.2, 0.25) is 5.91 Å². The van der Waals surface area contributed by atoms with Gasteiger partial charge in [0.1, 0.15) is 0 Å². The van der Waals surface area contributed by atoms with Crippen LogP contribution in [-0.2, 0) is 4.79 Å². The molecule has 92 valence electrons. The molecular formula is C13H24N2O. The quantitative estimate of drug-likeness (QED) is 0.698. The highest BCUT2D eigenvalue weighted by atomic mass is 16.2. The molecule has 2 unspecified atom stereocenters. The zero-order valence-corrected chi connectivity index (χ0v) is 10.6. The highest BCUT2D eigenvalue weighted by molar-refractivity contribution is 5.81. The molecule has 0 bridgehead atoms. The molecule has 1 rings (SSSR count). The SMILES string of the molecule is CNC(=O)C(NCC1CC=CCC1)C(C)C. The smallest absolute Gasteiger partial charge is 0.237 e. The number of carbonyl (C=O) groups is 1. The van der Waals surface area contributed by atoms with E-state index in [1.54, 1.807) is 7.05 Å². The fourth-order valence-corrected chi connectivity index (χ4v) is 2.12. The molecule has 0 aromatic heterocycles. The highest BCUT2D eigenvalue weighted by Crippen LogP contribution is 2.17. The maximum absolute atomic E-state index is 11.6. The van der Waals surface area contributed by atoms with Crippen LogP contribution in [0.25, 0.3) is 0 Å². The average Bonchev–Trinajstić information content (AvgIpc) is 2.30. The topological polar surface area (TPSA) is 41.1 Å². The molecule has 3 nitrogen and oxygen atoms in total. The third kappa shape index (κ3) is 3.97. The van der Waals surface area contributed by atoms with Gasteiger partial charge in [-0.1, -0.05) is 26.0 Å². The maximum Gasteiger partial charge on any atom is 0.237 e. The van der Waals surface area contributed by atoms with Crippen molar-refractivity contribution >= 4 is 5.91 Å². The molecule has 1 aliphatic carbocycles. The fraction of sp³-hybridized carbons (Fsp3) is 0.769. The van der Waals surface area contributed by atoms with Crippen LogP contribution in [0, 0.1) is 11.8 Å². The van der Waals surface area contributed by atoms with Gasteiger partial charge in [0, 0.05) is 7.05 Å². The number of hydrogen-bond donors (Lipinski definition) is 2. The first kappa shape index (κ1) is 13.2. The molecule has 0 fully saturated rings. The molecular weight excluding hydrogens is 200 g/mol. The minimum absolute atomic E-state index is 0.0593. The lowest BCUT2D eigenvalue weighted by Crippen LogP contribution is -2.47. The van der Waals surface area contributed by atoms with Gasteiger partial charge in [-0.2, -0.15) is 0 Å². The van der Waals surface area contributed by atoms with Gasteiger partial charge in [-0.15, -0.1) is 0 Å². The molecule has 0 aromatic rings. The van der Waals surface area contributed by atoms with E-state index >= 15 is 0 Å². The number of hydrogen-bond acceptors (Lipinski definition) is 2. The number of carbonyl (C=O) groups excluding carboxylic acids is 1. The second kappa shape index (κ2) is 6.69. The minimum Gasteiger partial charge on any atom is -0.358 e. The number of likely N-dealkylation sites (N-methyl/N-ethyl adjacent to an activating group) is 1. The normalized spacial score (nSPS) is 22.1. The summed E-state index contributed by atoms with van der Waals surface area (Å²) >= 11 is 0. The Morgan fingerprint density at radius 3 is 2.69 bits per heavy atom. The summed E-state index contributed by atoms with van der Waals surface area (Å²) < 4.78 is 0. The Bertz CT molecular complexity index is 248. The van der Waals surface area contributed by atoms with Crippen LogP contribution < -0.4 is 10.6 Å². The van der Waals surface area contributed by atoms with Crippen LogP contribution in [0.5, 0.6) is 0 Å². The molecule has 0 saturated carbocycles. The Hall–Kier alpha value is -0.830. The standard InChI is InChI=1S/C13H24N2O/c1-10(2)12(13(16)14-3)15-9-11-7-5-4-6-8-11/h4-5,10-12,15H,6-9H2,1-3H3,(H,14,16). The number of rotatable bonds is 5.